The molecule has 3 aromatic rings. The van der Waals surface area contributed by atoms with Crippen molar-refractivity contribution in [1.29, 1.82) is 0 Å². The van der Waals surface area contributed by atoms with Crippen LogP contribution in [0.25, 0.3) is 10.2 Å². The summed E-state index contributed by atoms with van der Waals surface area (Å²) in [7, 11) is 0. The smallest absolute Gasteiger partial charge is 0.262 e. The molecular formula is C25H32N4O3S. The molecule has 1 fully saturated rings. The Morgan fingerprint density at radius 2 is 2.15 bits per heavy atom. The van der Waals surface area contributed by atoms with Crippen molar-refractivity contribution in [1.82, 2.24) is 19.8 Å². The fourth-order valence-electron chi connectivity index (χ4n) is 5.28. The van der Waals surface area contributed by atoms with Gasteiger partial charge in [-0.1, -0.05) is 12.8 Å². The summed E-state index contributed by atoms with van der Waals surface area (Å²) in [6.07, 6.45) is 10.6. The number of carbonyl (C=O) groups is 1. The largest absolute Gasteiger partial charge is 0.468 e. The van der Waals surface area contributed by atoms with E-state index in [2.05, 4.69) is 10.2 Å². The first-order valence-corrected chi connectivity index (χ1v) is 13.0. The average Bonchev–Trinajstić information content (AvgIpc) is 3.58. The van der Waals surface area contributed by atoms with E-state index in [0.29, 0.717) is 27.7 Å². The van der Waals surface area contributed by atoms with Gasteiger partial charge < -0.3 is 9.73 Å². The van der Waals surface area contributed by atoms with E-state index in [0.717, 1.165) is 62.5 Å². The van der Waals surface area contributed by atoms with Crippen LogP contribution in [0.2, 0.25) is 0 Å². The van der Waals surface area contributed by atoms with Crippen LogP contribution in [0.5, 0.6) is 0 Å². The Morgan fingerprint density at radius 3 is 2.94 bits per heavy atom. The van der Waals surface area contributed by atoms with Crippen LogP contribution in [0.3, 0.4) is 0 Å². The van der Waals surface area contributed by atoms with Gasteiger partial charge in [-0.05, 0) is 56.7 Å². The van der Waals surface area contributed by atoms with Gasteiger partial charge in [0.15, 0.2) is 0 Å². The molecule has 0 radical (unpaired) electrons. The fourth-order valence-corrected chi connectivity index (χ4v) is 6.38. The third kappa shape index (κ3) is 4.64. The molecule has 0 atom stereocenters. The molecule has 8 heteroatoms. The van der Waals surface area contributed by atoms with Crippen molar-refractivity contribution in [2.45, 2.75) is 77.4 Å². The van der Waals surface area contributed by atoms with Gasteiger partial charge in [-0.25, -0.2) is 4.98 Å². The lowest BCUT2D eigenvalue weighted by Gasteiger charge is -2.28. The predicted octanol–water partition coefficient (Wildman–Crippen LogP) is 4.26. The number of nitrogens with one attached hydrogen (secondary N) is 1. The molecule has 33 heavy (non-hydrogen) atoms. The maximum absolute atomic E-state index is 13.0. The number of amides is 1. The number of fused-ring (bicyclic) bond motifs is 2. The number of aromatic nitrogens is 2. The summed E-state index contributed by atoms with van der Waals surface area (Å²) < 4.78 is 7.37. The van der Waals surface area contributed by atoms with E-state index >= 15 is 0 Å². The second kappa shape index (κ2) is 9.81. The minimum absolute atomic E-state index is 0.00707. The highest BCUT2D eigenvalue weighted by Crippen LogP contribution is 2.29. The first kappa shape index (κ1) is 22.3. The van der Waals surface area contributed by atoms with Crippen LogP contribution in [-0.2, 0) is 19.5 Å². The molecule has 5 rings (SSSR count). The lowest BCUT2D eigenvalue weighted by Crippen LogP contribution is -2.35. The summed E-state index contributed by atoms with van der Waals surface area (Å²) in [6.45, 7) is 4.95. The maximum Gasteiger partial charge on any atom is 0.262 e. The van der Waals surface area contributed by atoms with E-state index in [1.165, 1.54) is 37.0 Å². The first-order chi connectivity index (χ1) is 16.1. The monoisotopic (exact) mass is 468 g/mol. The molecule has 0 spiro atoms. The molecule has 176 valence electrons. The Labute approximate surface area is 197 Å². The van der Waals surface area contributed by atoms with Gasteiger partial charge in [0.05, 0.1) is 23.1 Å². The molecule has 7 nitrogen and oxygen atoms in total. The van der Waals surface area contributed by atoms with Gasteiger partial charge in [-0.15, -0.1) is 11.3 Å². The third-order valence-electron chi connectivity index (χ3n) is 7.06. The second-order valence-corrected chi connectivity index (χ2v) is 10.3. The standard InChI is InChI=1S/C25H32N4O3S/c1-17-21-24(27-20-11-4-5-14-29(20)25(21)31)33-22(17)23(30)26-12-7-13-28(18-8-2-3-9-18)16-19-10-6-15-32-19/h6,10,15,18H,2-5,7-9,11-14,16H2,1H3,(H,26,30). The normalized spacial score (nSPS) is 16.5. The molecule has 1 aliphatic heterocycles. The molecule has 3 aromatic heterocycles. The highest BCUT2D eigenvalue weighted by Gasteiger charge is 2.24. The van der Waals surface area contributed by atoms with Gasteiger partial charge in [0.25, 0.3) is 11.5 Å². The van der Waals surface area contributed by atoms with E-state index in [1.807, 2.05) is 19.1 Å². The topological polar surface area (TPSA) is 80.4 Å². The molecule has 0 unspecified atom stereocenters. The molecule has 4 heterocycles. The molecule has 2 aliphatic rings. The van der Waals surface area contributed by atoms with Crippen molar-refractivity contribution < 1.29 is 9.21 Å². The Balaban J connectivity index is 1.23. The van der Waals surface area contributed by atoms with Crippen molar-refractivity contribution in [3.05, 3.63) is 50.8 Å². The maximum atomic E-state index is 13.0. The zero-order chi connectivity index (χ0) is 22.8. The van der Waals surface area contributed by atoms with Crippen LogP contribution >= 0.6 is 11.3 Å². The zero-order valence-corrected chi connectivity index (χ0v) is 20.1. The fraction of sp³-hybridized carbons (Fsp3) is 0.560. The van der Waals surface area contributed by atoms with Crippen molar-refractivity contribution in [2.24, 2.45) is 0 Å². The summed E-state index contributed by atoms with van der Waals surface area (Å²) in [5.74, 6) is 1.75. The number of carbonyl (C=O) groups excluding carboxylic acids is 1. The minimum Gasteiger partial charge on any atom is -0.468 e. The predicted molar refractivity (Wildman–Crippen MR) is 130 cm³/mol. The Morgan fingerprint density at radius 1 is 1.30 bits per heavy atom. The molecule has 1 N–H and O–H groups in total. The van der Waals surface area contributed by atoms with Gasteiger partial charge in [0, 0.05) is 32.1 Å². The second-order valence-electron chi connectivity index (χ2n) is 9.28. The number of hydrogen-bond donors (Lipinski definition) is 1. The number of rotatable bonds is 8. The summed E-state index contributed by atoms with van der Waals surface area (Å²) in [4.78, 5) is 34.5. The summed E-state index contributed by atoms with van der Waals surface area (Å²) in [5, 5.41) is 3.69. The van der Waals surface area contributed by atoms with Crippen LogP contribution in [-0.4, -0.2) is 39.5 Å². The summed E-state index contributed by atoms with van der Waals surface area (Å²) in [5.41, 5.74) is 0.768. The van der Waals surface area contributed by atoms with Crippen molar-refractivity contribution in [3.8, 4) is 0 Å². The quantitative estimate of drug-likeness (QED) is 0.500. The number of thiophene rings is 1. The van der Waals surface area contributed by atoms with Crippen molar-refractivity contribution in [2.75, 3.05) is 13.1 Å². The average molecular weight is 469 g/mol. The Kier molecular flexibility index (Phi) is 6.64. The molecule has 1 aliphatic carbocycles. The Hall–Kier alpha value is -2.45. The lowest BCUT2D eigenvalue weighted by molar-refractivity contribution is 0.0953. The molecule has 1 amide bonds. The van der Waals surface area contributed by atoms with Gasteiger partial charge in [0.2, 0.25) is 0 Å². The van der Waals surface area contributed by atoms with Crippen LogP contribution < -0.4 is 10.9 Å². The highest BCUT2D eigenvalue weighted by molar-refractivity contribution is 7.20. The van der Waals surface area contributed by atoms with Crippen molar-refractivity contribution in [3.63, 3.8) is 0 Å². The van der Waals surface area contributed by atoms with E-state index in [1.54, 1.807) is 10.8 Å². The van der Waals surface area contributed by atoms with Gasteiger partial charge in [-0.2, -0.15) is 0 Å². The molecule has 0 saturated heterocycles. The van der Waals surface area contributed by atoms with Crippen LogP contribution in [0.15, 0.2) is 27.6 Å². The van der Waals surface area contributed by atoms with E-state index in [4.69, 9.17) is 9.40 Å². The van der Waals surface area contributed by atoms with Crippen LogP contribution in [0, 0.1) is 6.92 Å². The van der Waals surface area contributed by atoms with Gasteiger partial charge in [-0.3, -0.25) is 19.1 Å². The SMILES string of the molecule is Cc1c(C(=O)NCCCN(Cc2ccco2)C2CCCC2)sc2nc3n(c(=O)c12)CCCC3. The van der Waals surface area contributed by atoms with Gasteiger partial charge >= 0.3 is 0 Å². The van der Waals surface area contributed by atoms with Crippen LogP contribution in [0.1, 0.15) is 71.8 Å². The highest BCUT2D eigenvalue weighted by atomic mass is 32.1. The first-order valence-electron chi connectivity index (χ1n) is 12.2. The molecule has 0 aromatic carbocycles. The van der Waals surface area contributed by atoms with Crippen LogP contribution in [0.4, 0.5) is 0 Å². The van der Waals surface area contributed by atoms with Crippen molar-refractivity contribution >= 4 is 27.5 Å². The Bertz CT molecular complexity index is 1170. The molecule has 1 saturated carbocycles. The third-order valence-corrected chi connectivity index (χ3v) is 8.24. The molecular weight excluding hydrogens is 436 g/mol. The minimum atomic E-state index is -0.101. The summed E-state index contributed by atoms with van der Waals surface area (Å²) >= 11 is 1.35. The van der Waals surface area contributed by atoms with E-state index in [-0.39, 0.29) is 11.5 Å². The number of furan rings is 1. The zero-order valence-electron chi connectivity index (χ0n) is 19.3. The van der Waals surface area contributed by atoms with E-state index in [9.17, 15) is 9.59 Å². The summed E-state index contributed by atoms with van der Waals surface area (Å²) in [6, 6.07) is 4.57. The lowest BCUT2D eigenvalue weighted by atomic mass is 10.1. The number of nitrogens with zero attached hydrogens (tertiary/aromatic N) is 3. The van der Waals surface area contributed by atoms with E-state index < -0.39 is 0 Å². The van der Waals surface area contributed by atoms with Gasteiger partial charge in [0.1, 0.15) is 16.4 Å². The molecule has 0 bridgehead atoms. The number of aryl methyl sites for hydroxylation is 2. The number of hydrogen-bond acceptors (Lipinski definition) is 6.